The minimum atomic E-state index is -0.0862. The summed E-state index contributed by atoms with van der Waals surface area (Å²) in [5, 5.41) is 2.89. The summed E-state index contributed by atoms with van der Waals surface area (Å²) in [5.41, 5.74) is 2.72. The number of amides is 1. The van der Waals surface area contributed by atoms with E-state index in [9.17, 15) is 4.79 Å². The summed E-state index contributed by atoms with van der Waals surface area (Å²) in [6.07, 6.45) is 3.67. The van der Waals surface area contributed by atoms with Gasteiger partial charge in [-0.15, -0.1) is 0 Å². The first-order chi connectivity index (χ1) is 14.1. The number of ether oxygens (including phenoxy) is 1. The van der Waals surface area contributed by atoms with E-state index >= 15 is 0 Å². The van der Waals surface area contributed by atoms with Crippen LogP contribution in [-0.2, 0) is 17.8 Å². The number of para-hydroxylation sites is 3. The second-order valence-electron chi connectivity index (χ2n) is 7.18. The van der Waals surface area contributed by atoms with Gasteiger partial charge < -0.3 is 14.6 Å². The topological polar surface area (TPSA) is 56.2 Å². The number of carbonyl (C=O) groups excluding carboxylic acids is 1. The van der Waals surface area contributed by atoms with E-state index in [1.807, 2.05) is 36.4 Å². The van der Waals surface area contributed by atoms with Crippen molar-refractivity contribution in [1.29, 1.82) is 0 Å². The van der Waals surface area contributed by atoms with Crippen molar-refractivity contribution in [3.05, 3.63) is 72.6 Å². The van der Waals surface area contributed by atoms with Gasteiger partial charge in [-0.05, 0) is 50.5 Å². The number of hydrogen-bond acceptors (Lipinski definition) is 3. The number of carbonyl (C=O) groups is 1. The summed E-state index contributed by atoms with van der Waals surface area (Å²) in [6.45, 7) is 7.62. The van der Waals surface area contributed by atoms with Crippen LogP contribution in [0.25, 0.3) is 11.0 Å². The molecule has 1 aromatic heterocycles. The van der Waals surface area contributed by atoms with Crippen LogP contribution in [0.3, 0.4) is 0 Å². The van der Waals surface area contributed by atoms with Gasteiger partial charge in [-0.1, -0.05) is 36.9 Å². The van der Waals surface area contributed by atoms with Crippen molar-refractivity contribution in [3.8, 4) is 5.75 Å². The van der Waals surface area contributed by atoms with Crippen LogP contribution in [0.2, 0.25) is 0 Å². The fourth-order valence-corrected chi connectivity index (χ4v) is 3.24. The number of hydrogen-bond donors (Lipinski definition) is 1. The van der Waals surface area contributed by atoms with Gasteiger partial charge >= 0.3 is 0 Å². The molecule has 0 aliphatic heterocycles. The quantitative estimate of drug-likeness (QED) is 0.386. The lowest BCUT2D eigenvalue weighted by molar-refractivity contribution is -0.117. The van der Waals surface area contributed by atoms with Crippen molar-refractivity contribution in [3.63, 3.8) is 0 Å². The smallest absolute Gasteiger partial charge is 0.246 e. The van der Waals surface area contributed by atoms with Gasteiger partial charge in [-0.3, -0.25) is 4.79 Å². The summed E-state index contributed by atoms with van der Waals surface area (Å²) in [7, 11) is 0. The molecule has 0 aliphatic rings. The second kappa shape index (κ2) is 10.5. The first kappa shape index (κ1) is 20.6. The third-order valence-corrected chi connectivity index (χ3v) is 4.77. The number of unbranched alkanes of at least 4 members (excludes halogenated alkanes) is 1. The lowest BCUT2D eigenvalue weighted by atomic mass is 10.2. The molecule has 0 fully saturated rings. The van der Waals surface area contributed by atoms with Crippen LogP contribution in [0.5, 0.6) is 5.75 Å². The molecule has 0 unspecified atom stereocenters. The predicted octanol–water partition coefficient (Wildman–Crippen LogP) is 4.52. The molecule has 3 aromatic rings. The Hall–Kier alpha value is -3.08. The van der Waals surface area contributed by atoms with Crippen LogP contribution < -0.4 is 10.1 Å². The maximum atomic E-state index is 11.6. The molecule has 0 spiro atoms. The lowest BCUT2D eigenvalue weighted by Gasteiger charge is -2.10. The zero-order chi connectivity index (χ0) is 20.5. The van der Waals surface area contributed by atoms with E-state index in [0.29, 0.717) is 18.7 Å². The van der Waals surface area contributed by atoms with Gasteiger partial charge in [0.2, 0.25) is 5.91 Å². The Labute approximate surface area is 172 Å². The molecular weight excluding hydrogens is 362 g/mol. The van der Waals surface area contributed by atoms with Gasteiger partial charge in [0.1, 0.15) is 11.6 Å². The average Bonchev–Trinajstić information content (AvgIpc) is 3.09. The zero-order valence-electron chi connectivity index (χ0n) is 17.1. The van der Waals surface area contributed by atoms with E-state index in [1.165, 1.54) is 0 Å². The number of aryl methyl sites for hydroxylation is 2. The van der Waals surface area contributed by atoms with Crippen molar-refractivity contribution in [2.24, 2.45) is 0 Å². The van der Waals surface area contributed by atoms with E-state index in [-0.39, 0.29) is 5.91 Å². The minimum absolute atomic E-state index is 0.0862. The number of nitrogens with one attached hydrogen (secondary N) is 1. The highest BCUT2D eigenvalue weighted by atomic mass is 16.5. The SMILES string of the molecule is C=C(C)C(=O)NCCCc1nc2ccccc2n1CCCCOc1ccccc1. The Balaban J connectivity index is 1.53. The summed E-state index contributed by atoms with van der Waals surface area (Å²) < 4.78 is 8.10. The molecule has 152 valence electrons. The Kier molecular flexibility index (Phi) is 7.45. The van der Waals surface area contributed by atoms with E-state index in [2.05, 4.69) is 34.7 Å². The summed E-state index contributed by atoms with van der Waals surface area (Å²) in [4.78, 5) is 16.4. The average molecular weight is 392 g/mol. The van der Waals surface area contributed by atoms with Gasteiger partial charge in [0.25, 0.3) is 0 Å². The van der Waals surface area contributed by atoms with Gasteiger partial charge in [0.15, 0.2) is 0 Å². The molecule has 0 saturated heterocycles. The number of fused-ring (bicyclic) bond motifs is 1. The fraction of sp³-hybridized carbons (Fsp3) is 0.333. The highest BCUT2D eigenvalue weighted by Gasteiger charge is 2.10. The van der Waals surface area contributed by atoms with Gasteiger partial charge in [0, 0.05) is 25.1 Å². The molecule has 5 heteroatoms. The summed E-state index contributed by atoms with van der Waals surface area (Å²) >= 11 is 0. The Morgan fingerprint density at radius 1 is 1.07 bits per heavy atom. The molecule has 5 nitrogen and oxygen atoms in total. The molecule has 1 amide bonds. The second-order valence-corrected chi connectivity index (χ2v) is 7.18. The standard InChI is InChI=1S/C24H29N3O2/c1-19(2)24(28)25-16-10-15-23-26-21-13-6-7-14-22(21)27(23)17-8-9-18-29-20-11-4-3-5-12-20/h3-7,11-14H,1,8-10,15-18H2,2H3,(H,25,28). The van der Waals surface area contributed by atoms with E-state index < -0.39 is 0 Å². The third-order valence-electron chi connectivity index (χ3n) is 4.77. The van der Waals surface area contributed by atoms with Crippen LogP contribution in [0.15, 0.2) is 66.7 Å². The van der Waals surface area contributed by atoms with Crippen molar-refractivity contribution in [2.75, 3.05) is 13.2 Å². The van der Waals surface area contributed by atoms with Gasteiger partial charge in [-0.25, -0.2) is 4.98 Å². The predicted molar refractivity (Wildman–Crippen MR) is 117 cm³/mol. The molecule has 1 N–H and O–H groups in total. The van der Waals surface area contributed by atoms with E-state index in [1.54, 1.807) is 6.92 Å². The molecule has 0 aliphatic carbocycles. The van der Waals surface area contributed by atoms with Crippen molar-refractivity contribution in [2.45, 2.75) is 39.2 Å². The zero-order valence-corrected chi connectivity index (χ0v) is 17.1. The minimum Gasteiger partial charge on any atom is -0.494 e. The molecular formula is C24H29N3O2. The van der Waals surface area contributed by atoms with Crippen LogP contribution in [-0.4, -0.2) is 28.6 Å². The van der Waals surface area contributed by atoms with Crippen LogP contribution in [0.1, 0.15) is 32.0 Å². The normalized spacial score (nSPS) is 10.8. The Bertz CT molecular complexity index is 947. The van der Waals surface area contributed by atoms with E-state index in [4.69, 9.17) is 9.72 Å². The maximum Gasteiger partial charge on any atom is 0.246 e. The largest absolute Gasteiger partial charge is 0.494 e. The number of imidazole rings is 1. The van der Waals surface area contributed by atoms with Crippen molar-refractivity contribution >= 4 is 16.9 Å². The number of benzene rings is 2. The molecule has 0 saturated carbocycles. The van der Waals surface area contributed by atoms with Gasteiger partial charge in [0.05, 0.1) is 17.6 Å². The molecule has 0 radical (unpaired) electrons. The fourth-order valence-electron chi connectivity index (χ4n) is 3.24. The Morgan fingerprint density at radius 2 is 1.83 bits per heavy atom. The number of nitrogens with zero attached hydrogens (tertiary/aromatic N) is 2. The van der Waals surface area contributed by atoms with Gasteiger partial charge in [-0.2, -0.15) is 0 Å². The van der Waals surface area contributed by atoms with Crippen molar-refractivity contribution < 1.29 is 9.53 Å². The van der Waals surface area contributed by atoms with Crippen molar-refractivity contribution in [1.82, 2.24) is 14.9 Å². The highest BCUT2D eigenvalue weighted by molar-refractivity contribution is 5.92. The monoisotopic (exact) mass is 391 g/mol. The van der Waals surface area contributed by atoms with Crippen LogP contribution >= 0.6 is 0 Å². The summed E-state index contributed by atoms with van der Waals surface area (Å²) in [6, 6.07) is 18.2. The number of rotatable bonds is 11. The lowest BCUT2D eigenvalue weighted by Crippen LogP contribution is -2.25. The molecule has 1 heterocycles. The molecule has 0 atom stereocenters. The molecule has 2 aromatic carbocycles. The third kappa shape index (κ3) is 5.95. The summed E-state index contributed by atoms with van der Waals surface area (Å²) in [5.74, 6) is 1.90. The first-order valence-electron chi connectivity index (χ1n) is 10.2. The highest BCUT2D eigenvalue weighted by Crippen LogP contribution is 2.18. The Morgan fingerprint density at radius 3 is 2.62 bits per heavy atom. The molecule has 29 heavy (non-hydrogen) atoms. The molecule has 0 bridgehead atoms. The van der Waals surface area contributed by atoms with E-state index in [0.717, 1.165) is 54.8 Å². The first-order valence-corrected chi connectivity index (χ1v) is 10.2. The van der Waals surface area contributed by atoms with Crippen LogP contribution in [0.4, 0.5) is 0 Å². The number of aromatic nitrogens is 2. The maximum absolute atomic E-state index is 11.6. The van der Waals surface area contributed by atoms with Crippen LogP contribution in [0, 0.1) is 0 Å². The molecule has 3 rings (SSSR count).